The largest absolute Gasteiger partial charge is 0.417 e. The molecule has 2 aliphatic heterocycles. The first kappa shape index (κ1) is 25.7. The molecular weight excluding hydrogens is 497 g/mol. The molecule has 37 heavy (non-hydrogen) atoms. The van der Waals surface area contributed by atoms with E-state index >= 15 is 0 Å². The van der Waals surface area contributed by atoms with E-state index in [1.165, 1.54) is 32.2 Å². The Labute approximate surface area is 219 Å². The third-order valence-corrected chi connectivity index (χ3v) is 8.42. The molecule has 2 aliphatic rings. The fourth-order valence-electron chi connectivity index (χ4n) is 5.39. The van der Waals surface area contributed by atoms with Crippen LogP contribution in [0.15, 0.2) is 48.7 Å². The van der Waals surface area contributed by atoms with E-state index < -0.39 is 11.7 Å². The summed E-state index contributed by atoms with van der Waals surface area (Å²) in [6, 6.07) is 11.5. The van der Waals surface area contributed by atoms with Crippen LogP contribution in [-0.4, -0.2) is 65.5 Å². The van der Waals surface area contributed by atoms with Crippen molar-refractivity contribution in [1.29, 1.82) is 0 Å². The second-order valence-electron chi connectivity index (χ2n) is 10.1. The number of piperazine rings is 1. The summed E-state index contributed by atoms with van der Waals surface area (Å²) in [4.78, 5) is 24.6. The third-order valence-electron chi connectivity index (χ3n) is 7.39. The number of aryl methyl sites for hydroxylation is 1. The Morgan fingerprint density at radius 1 is 1.11 bits per heavy atom. The molecule has 0 radical (unpaired) electrons. The number of benzene rings is 1. The van der Waals surface area contributed by atoms with E-state index in [4.69, 9.17) is 0 Å². The number of nitrogens with zero attached hydrogens (tertiary/aromatic N) is 4. The van der Waals surface area contributed by atoms with E-state index in [-0.39, 0.29) is 18.0 Å². The monoisotopic (exact) mass is 528 g/mol. The summed E-state index contributed by atoms with van der Waals surface area (Å²) >= 11 is 1.80. The van der Waals surface area contributed by atoms with Gasteiger partial charge in [-0.1, -0.05) is 12.1 Å². The van der Waals surface area contributed by atoms with Gasteiger partial charge in [0.05, 0.1) is 12.1 Å². The highest BCUT2D eigenvalue weighted by molar-refractivity contribution is 7.19. The lowest BCUT2D eigenvalue weighted by molar-refractivity contribution is -0.137. The maximum atomic E-state index is 13.2. The molecule has 0 saturated carbocycles. The number of amides is 1. The molecule has 1 amide bonds. The average Bonchev–Trinajstić information content (AvgIpc) is 3.25. The molecule has 1 saturated heterocycles. The number of carbonyl (C=O) groups is 1. The van der Waals surface area contributed by atoms with Gasteiger partial charge in [-0.15, -0.1) is 11.3 Å². The normalized spacial score (nSPS) is 21.4. The average molecular weight is 529 g/mol. The molecular formula is C28H31F3N4OS. The molecule has 2 aromatic heterocycles. The zero-order chi connectivity index (χ0) is 26.3. The van der Waals surface area contributed by atoms with Crippen LogP contribution in [0.5, 0.6) is 0 Å². The summed E-state index contributed by atoms with van der Waals surface area (Å²) in [7, 11) is 0. The molecule has 5 rings (SSSR count). The fraction of sp³-hybridized carbons (Fsp3) is 0.429. The summed E-state index contributed by atoms with van der Waals surface area (Å²) in [5, 5.41) is 1.27. The molecule has 4 heterocycles. The van der Waals surface area contributed by atoms with Crippen LogP contribution < -0.4 is 4.90 Å². The van der Waals surface area contributed by atoms with E-state index in [1.807, 2.05) is 9.80 Å². The maximum Gasteiger partial charge on any atom is 0.417 e. The number of aromatic nitrogens is 1. The quantitative estimate of drug-likeness (QED) is 0.427. The highest BCUT2D eigenvalue weighted by atomic mass is 32.1. The topological polar surface area (TPSA) is 39.7 Å². The van der Waals surface area contributed by atoms with Crippen LogP contribution in [0.25, 0.3) is 15.7 Å². The Balaban J connectivity index is 1.18. The summed E-state index contributed by atoms with van der Waals surface area (Å²) < 4.78 is 39.9. The van der Waals surface area contributed by atoms with Gasteiger partial charge < -0.3 is 9.80 Å². The van der Waals surface area contributed by atoms with Crippen molar-refractivity contribution in [1.82, 2.24) is 14.8 Å². The van der Waals surface area contributed by atoms with Gasteiger partial charge in [0.25, 0.3) is 0 Å². The first-order valence-corrected chi connectivity index (χ1v) is 13.4. The Morgan fingerprint density at radius 3 is 2.49 bits per heavy atom. The third kappa shape index (κ3) is 5.52. The smallest absolute Gasteiger partial charge is 0.354 e. The second-order valence-corrected chi connectivity index (χ2v) is 11.4. The first-order valence-electron chi connectivity index (χ1n) is 12.6. The van der Waals surface area contributed by atoms with Crippen molar-refractivity contribution >= 4 is 38.7 Å². The second kappa shape index (κ2) is 10.1. The summed E-state index contributed by atoms with van der Waals surface area (Å²) in [5.74, 6) is 0.640. The van der Waals surface area contributed by atoms with Gasteiger partial charge in [0.15, 0.2) is 0 Å². The van der Waals surface area contributed by atoms with Gasteiger partial charge in [0.1, 0.15) is 5.82 Å². The van der Waals surface area contributed by atoms with Crippen molar-refractivity contribution < 1.29 is 18.0 Å². The summed E-state index contributed by atoms with van der Waals surface area (Å²) in [5.41, 5.74) is 1.77. The van der Waals surface area contributed by atoms with Crippen LogP contribution in [0, 0.1) is 6.92 Å². The number of pyridine rings is 1. The molecule has 9 heteroatoms. The molecule has 0 N–H and O–H groups in total. The van der Waals surface area contributed by atoms with Crippen molar-refractivity contribution in [3.05, 3.63) is 64.7 Å². The van der Waals surface area contributed by atoms with Gasteiger partial charge in [-0.2, -0.15) is 13.2 Å². The lowest BCUT2D eigenvalue weighted by Gasteiger charge is -2.45. The van der Waals surface area contributed by atoms with Crippen LogP contribution in [0.1, 0.15) is 36.3 Å². The van der Waals surface area contributed by atoms with Crippen LogP contribution in [0.4, 0.5) is 19.0 Å². The maximum absolute atomic E-state index is 13.2. The number of fused-ring (bicyclic) bond motifs is 1. The predicted molar refractivity (Wildman–Crippen MR) is 143 cm³/mol. The molecule has 0 aliphatic carbocycles. The van der Waals surface area contributed by atoms with Gasteiger partial charge >= 0.3 is 6.18 Å². The number of rotatable bonds is 4. The van der Waals surface area contributed by atoms with Crippen LogP contribution >= 0.6 is 11.3 Å². The van der Waals surface area contributed by atoms with E-state index in [0.29, 0.717) is 38.5 Å². The van der Waals surface area contributed by atoms with Crippen molar-refractivity contribution in [3.63, 3.8) is 0 Å². The van der Waals surface area contributed by atoms with E-state index in [9.17, 15) is 18.0 Å². The molecule has 0 bridgehead atoms. The molecule has 2 atom stereocenters. The number of hydrogen-bond donors (Lipinski definition) is 0. The van der Waals surface area contributed by atoms with Gasteiger partial charge in [0.2, 0.25) is 5.91 Å². The number of thiophene rings is 1. The molecule has 0 unspecified atom stereocenters. The number of hydrogen-bond acceptors (Lipinski definition) is 5. The highest BCUT2D eigenvalue weighted by Gasteiger charge is 2.34. The van der Waals surface area contributed by atoms with Gasteiger partial charge in [-0.05, 0) is 74.0 Å². The van der Waals surface area contributed by atoms with Crippen LogP contribution in [0.2, 0.25) is 0 Å². The van der Waals surface area contributed by atoms with Gasteiger partial charge in [-0.25, -0.2) is 4.98 Å². The Hall–Kier alpha value is -2.91. The molecule has 5 nitrogen and oxygen atoms in total. The molecule has 3 aromatic rings. The van der Waals surface area contributed by atoms with Gasteiger partial charge in [0, 0.05) is 54.0 Å². The van der Waals surface area contributed by atoms with Crippen molar-refractivity contribution in [2.45, 2.75) is 45.5 Å². The van der Waals surface area contributed by atoms with E-state index in [2.05, 4.69) is 61.0 Å². The summed E-state index contributed by atoms with van der Waals surface area (Å²) in [6.07, 6.45) is -0.508. The number of halogens is 3. The summed E-state index contributed by atoms with van der Waals surface area (Å²) in [6.45, 7) is 9.07. The van der Waals surface area contributed by atoms with Crippen molar-refractivity contribution in [2.75, 3.05) is 37.6 Å². The van der Waals surface area contributed by atoms with Crippen molar-refractivity contribution in [2.24, 2.45) is 0 Å². The zero-order valence-corrected chi connectivity index (χ0v) is 22.1. The van der Waals surface area contributed by atoms with Crippen molar-refractivity contribution in [3.8, 4) is 0 Å². The lowest BCUT2D eigenvalue weighted by atomic mass is 9.98. The minimum atomic E-state index is -4.40. The molecule has 0 spiro atoms. The standard InChI is InChI=1S/C28H31F3N4OS/c1-18-15-34(26-7-5-24(14-32-26)28(29,30)31)16-19(2)35(18)17-27(36)33-10-8-21(9-11-33)22-4-6-25-23(13-22)12-20(3)37-25/h4-8,12-14,18-19H,9-11,15-17H2,1-3H3/t18-,19+. The Kier molecular flexibility index (Phi) is 7.02. The fourth-order valence-corrected chi connectivity index (χ4v) is 6.29. The number of anilines is 1. The number of carbonyl (C=O) groups excluding carboxylic acids is 1. The minimum absolute atomic E-state index is 0.0634. The Morgan fingerprint density at radius 2 is 1.86 bits per heavy atom. The highest BCUT2D eigenvalue weighted by Crippen LogP contribution is 2.32. The zero-order valence-electron chi connectivity index (χ0n) is 21.3. The lowest BCUT2D eigenvalue weighted by Crippen LogP contribution is -2.59. The van der Waals surface area contributed by atoms with Gasteiger partial charge in [-0.3, -0.25) is 9.69 Å². The van der Waals surface area contributed by atoms with Crippen LogP contribution in [-0.2, 0) is 11.0 Å². The van der Waals surface area contributed by atoms with Crippen LogP contribution in [0.3, 0.4) is 0 Å². The Bertz CT molecular complexity index is 1310. The molecule has 1 fully saturated rings. The predicted octanol–water partition coefficient (Wildman–Crippen LogP) is 5.84. The van der Waals surface area contributed by atoms with E-state index in [0.717, 1.165) is 18.7 Å². The number of alkyl halides is 3. The van der Waals surface area contributed by atoms with E-state index in [1.54, 1.807) is 11.3 Å². The molecule has 196 valence electrons. The molecule has 1 aromatic carbocycles. The SMILES string of the molecule is Cc1cc2cc(C3=CCN(C(=O)CN4[C@H](C)CN(c5ccc(C(F)(F)F)cn5)C[C@@H]4C)CC3)ccc2s1. The minimum Gasteiger partial charge on any atom is -0.354 e. The first-order chi connectivity index (χ1) is 17.6.